The predicted octanol–water partition coefficient (Wildman–Crippen LogP) is 0.659. The molecule has 3 rings (SSSR count). The molecule has 2 bridgehead atoms. The van der Waals surface area contributed by atoms with Gasteiger partial charge in [-0.3, -0.25) is 4.90 Å². The Morgan fingerprint density at radius 1 is 1.16 bits per heavy atom. The zero-order valence-corrected chi connectivity index (χ0v) is 12.4. The molecule has 2 aliphatic carbocycles. The van der Waals surface area contributed by atoms with Gasteiger partial charge in [-0.15, -0.1) is 0 Å². The van der Waals surface area contributed by atoms with Gasteiger partial charge in [-0.1, -0.05) is 6.42 Å². The molecule has 5 heteroatoms. The molecule has 0 radical (unpaired) electrons. The molecular formula is C14H25N3OS. The van der Waals surface area contributed by atoms with Gasteiger partial charge in [0.25, 0.3) is 0 Å². The fourth-order valence-corrected chi connectivity index (χ4v) is 4.32. The Labute approximate surface area is 121 Å². The van der Waals surface area contributed by atoms with Crippen molar-refractivity contribution in [3.05, 3.63) is 0 Å². The summed E-state index contributed by atoms with van der Waals surface area (Å²) in [5, 5.41) is 13.5. The molecule has 1 heterocycles. The summed E-state index contributed by atoms with van der Waals surface area (Å²) in [6.45, 7) is 5.06. The number of rotatable bonds is 3. The quantitative estimate of drug-likeness (QED) is 0.745. The Kier molecular flexibility index (Phi) is 4.24. The molecule has 0 spiro atoms. The number of nitrogens with one attached hydrogen (secondary N) is 1. The lowest BCUT2D eigenvalue weighted by molar-refractivity contribution is 0.146. The highest BCUT2D eigenvalue weighted by atomic mass is 32.1. The third-order valence-electron chi connectivity index (χ3n) is 5.12. The average molecular weight is 283 g/mol. The summed E-state index contributed by atoms with van der Waals surface area (Å²) < 4.78 is 0. The van der Waals surface area contributed by atoms with E-state index >= 15 is 0 Å². The molecule has 0 aromatic carbocycles. The molecule has 1 aliphatic heterocycles. The lowest BCUT2D eigenvalue weighted by atomic mass is 9.95. The smallest absolute Gasteiger partial charge is 0.169 e. The standard InChI is InChI=1S/C14H25N3OS/c18-8-7-16-3-5-17(6-4-16)14(19)15-13-10-11-1-2-12(13)9-11/h11-13,18H,1-10H2,(H,15,19). The molecule has 1 saturated heterocycles. The minimum Gasteiger partial charge on any atom is -0.395 e. The van der Waals surface area contributed by atoms with Crippen LogP contribution in [0.5, 0.6) is 0 Å². The number of fused-ring (bicyclic) bond motifs is 2. The Bertz CT molecular complexity index is 331. The van der Waals surface area contributed by atoms with Gasteiger partial charge < -0.3 is 15.3 Å². The van der Waals surface area contributed by atoms with Crippen LogP contribution in [0.3, 0.4) is 0 Å². The molecular weight excluding hydrogens is 258 g/mol. The van der Waals surface area contributed by atoms with Gasteiger partial charge in [0.1, 0.15) is 0 Å². The zero-order chi connectivity index (χ0) is 13.2. The summed E-state index contributed by atoms with van der Waals surface area (Å²) >= 11 is 5.58. The van der Waals surface area contributed by atoms with Crippen molar-refractivity contribution in [3.63, 3.8) is 0 Å². The number of aliphatic hydroxyl groups excluding tert-OH is 1. The minimum absolute atomic E-state index is 0.258. The van der Waals surface area contributed by atoms with Crippen LogP contribution in [-0.4, -0.2) is 65.4 Å². The first-order chi connectivity index (χ1) is 9.26. The fourth-order valence-electron chi connectivity index (χ4n) is 3.99. The highest BCUT2D eigenvalue weighted by Gasteiger charge is 2.40. The van der Waals surface area contributed by atoms with Crippen LogP contribution >= 0.6 is 12.2 Å². The van der Waals surface area contributed by atoms with Crippen molar-refractivity contribution >= 4 is 17.3 Å². The molecule has 0 amide bonds. The van der Waals surface area contributed by atoms with E-state index in [0.29, 0.717) is 6.04 Å². The average Bonchev–Trinajstić information content (AvgIpc) is 3.02. The number of β-amino-alcohol motifs (C(OH)–C–C–N with tert-alkyl or cyclic N) is 1. The lowest BCUT2D eigenvalue weighted by Gasteiger charge is -2.37. The fraction of sp³-hybridized carbons (Fsp3) is 0.929. The molecule has 108 valence electrons. The Morgan fingerprint density at radius 3 is 2.53 bits per heavy atom. The van der Waals surface area contributed by atoms with Crippen LogP contribution in [0.15, 0.2) is 0 Å². The predicted molar refractivity (Wildman–Crippen MR) is 80.1 cm³/mol. The van der Waals surface area contributed by atoms with E-state index in [-0.39, 0.29) is 6.61 Å². The SMILES string of the molecule is OCCN1CCN(C(=S)NC2CC3CCC2C3)CC1. The summed E-state index contributed by atoms with van der Waals surface area (Å²) in [5.41, 5.74) is 0. The van der Waals surface area contributed by atoms with Crippen molar-refractivity contribution in [3.8, 4) is 0 Å². The number of aliphatic hydroxyl groups is 1. The van der Waals surface area contributed by atoms with Gasteiger partial charge in [-0.2, -0.15) is 0 Å². The Hall–Kier alpha value is -0.390. The lowest BCUT2D eigenvalue weighted by Crippen LogP contribution is -2.54. The third kappa shape index (κ3) is 3.03. The van der Waals surface area contributed by atoms with Crippen LogP contribution in [0.25, 0.3) is 0 Å². The van der Waals surface area contributed by atoms with E-state index < -0.39 is 0 Å². The first-order valence-electron chi connectivity index (χ1n) is 7.65. The van der Waals surface area contributed by atoms with Crippen molar-refractivity contribution in [1.29, 1.82) is 0 Å². The second-order valence-corrected chi connectivity index (χ2v) is 6.67. The summed E-state index contributed by atoms with van der Waals surface area (Å²) in [6, 6.07) is 0.640. The molecule has 3 fully saturated rings. The minimum atomic E-state index is 0.258. The number of nitrogens with zero attached hydrogens (tertiary/aromatic N) is 2. The Morgan fingerprint density at radius 2 is 1.95 bits per heavy atom. The zero-order valence-electron chi connectivity index (χ0n) is 11.6. The second kappa shape index (κ2) is 5.94. The highest BCUT2D eigenvalue weighted by molar-refractivity contribution is 7.80. The van der Waals surface area contributed by atoms with Crippen molar-refractivity contribution in [2.75, 3.05) is 39.3 Å². The maximum absolute atomic E-state index is 8.95. The topological polar surface area (TPSA) is 38.7 Å². The van der Waals surface area contributed by atoms with E-state index in [0.717, 1.165) is 49.7 Å². The summed E-state index contributed by atoms with van der Waals surface area (Å²) in [4.78, 5) is 4.60. The molecule has 0 aromatic heterocycles. The van der Waals surface area contributed by atoms with E-state index in [1.165, 1.54) is 25.7 Å². The molecule has 3 atom stereocenters. The second-order valence-electron chi connectivity index (χ2n) is 6.28. The van der Waals surface area contributed by atoms with E-state index in [9.17, 15) is 0 Å². The first kappa shape index (κ1) is 13.6. The van der Waals surface area contributed by atoms with E-state index in [4.69, 9.17) is 17.3 Å². The largest absolute Gasteiger partial charge is 0.395 e. The van der Waals surface area contributed by atoms with Gasteiger partial charge in [0.2, 0.25) is 0 Å². The van der Waals surface area contributed by atoms with Crippen molar-refractivity contribution in [2.45, 2.75) is 31.7 Å². The maximum atomic E-state index is 8.95. The van der Waals surface area contributed by atoms with Crippen molar-refractivity contribution < 1.29 is 5.11 Å². The van der Waals surface area contributed by atoms with E-state index in [2.05, 4.69) is 15.1 Å². The summed E-state index contributed by atoms with van der Waals surface area (Å²) in [7, 11) is 0. The van der Waals surface area contributed by atoms with E-state index in [1.54, 1.807) is 0 Å². The maximum Gasteiger partial charge on any atom is 0.169 e. The van der Waals surface area contributed by atoms with Crippen molar-refractivity contribution in [2.24, 2.45) is 11.8 Å². The number of hydrogen-bond donors (Lipinski definition) is 2. The van der Waals surface area contributed by atoms with Gasteiger partial charge >= 0.3 is 0 Å². The molecule has 2 saturated carbocycles. The molecule has 19 heavy (non-hydrogen) atoms. The summed E-state index contributed by atoms with van der Waals surface area (Å²) in [5.74, 6) is 1.84. The molecule has 2 N–H and O–H groups in total. The number of hydrogen-bond acceptors (Lipinski definition) is 3. The van der Waals surface area contributed by atoms with E-state index in [1.807, 2.05) is 0 Å². The van der Waals surface area contributed by atoms with Gasteiger partial charge in [0, 0.05) is 38.8 Å². The van der Waals surface area contributed by atoms with Gasteiger partial charge in [-0.25, -0.2) is 0 Å². The normalized spacial score (nSPS) is 34.8. The van der Waals surface area contributed by atoms with Crippen LogP contribution in [-0.2, 0) is 0 Å². The molecule has 4 nitrogen and oxygen atoms in total. The van der Waals surface area contributed by atoms with Crippen LogP contribution < -0.4 is 5.32 Å². The first-order valence-corrected chi connectivity index (χ1v) is 8.05. The molecule has 0 aromatic rings. The van der Waals surface area contributed by atoms with Gasteiger partial charge in [0.05, 0.1) is 6.61 Å². The molecule has 3 unspecified atom stereocenters. The summed E-state index contributed by atoms with van der Waals surface area (Å²) in [6.07, 6.45) is 5.59. The Balaban J connectivity index is 1.44. The highest BCUT2D eigenvalue weighted by Crippen LogP contribution is 2.44. The van der Waals surface area contributed by atoms with Gasteiger partial charge in [0.15, 0.2) is 5.11 Å². The van der Waals surface area contributed by atoms with Crippen molar-refractivity contribution in [1.82, 2.24) is 15.1 Å². The van der Waals surface area contributed by atoms with Gasteiger partial charge in [-0.05, 0) is 43.3 Å². The molecule has 3 aliphatic rings. The van der Waals surface area contributed by atoms with Crippen LogP contribution in [0.2, 0.25) is 0 Å². The van der Waals surface area contributed by atoms with Crippen LogP contribution in [0.4, 0.5) is 0 Å². The monoisotopic (exact) mass is 283 g/mol. The number of thiocarbonyl (C=S) groups is 1. The van der Waals surface area contributed by atoms with Crippen LogP contribution in [0.1, 0.15) is 25.7 Å². The third-order valence-corrected chi connectivity index (χ3v) is 5.50. The van der Waals surface area contributed by atoms with Crippen LogP contribution in [0, 0.1) is 11.8 Å². The number of piperazine rings is 1.